The molecule has 2 rings (SSSR count). The maximum absolute atomic E-state index is 6.07. The second-order valence-corrected chi connectivity index (χ2v) is 5.35. The smallest absolute Gasteiger partial charge is 0.147 e. The summed E-state index contributed by atoms with van der Waals surface area (Å²) in [5.41, 5.74) is 6.73. The van der Waals surface area contributed by atoms with Crippen LogP contribution in [0, 0.1) is 0 Å². The molecule has 3 nitrogen and oxygen atoms in total. The van der Waals surface area contributed by atoms with E-state index >= 15 is 0 Å². The fourth-order valence-corrected chi connectivity index (χ4v) is 2.16. The Hall–Kier alpha value is -1.16. The van der Waals surface area contributed by atoms with Gasteiger partial charge in [-0.05, 0) is 30.7 Å². The molecule has 0 aliphatic rings. The average molecular weight is 317 g/mol. The van der Waals surface area contributed by atoms with Crippen molar-refractivity contribution in [1.82, 2.24) is 4.98 Å². The van der Waals surface area contributed by atoms with E-state index in [1.807, 2.05) is 31.2 Å². The lowest BCUT2D eigenvalue weighted by Crippen LogP contribution is -2.09. The number of anilines is 2. The number of rotatable bonds is 3. The van der Waals surface area contributed by atoms with E-state index in [2.05, 4.69) is 10.3 Å². The maximum Gasteiger partial charge on any atom is 0.147 e. The molecule has 0 spiro atoms. The minimum absolute atomic E-state index is 0.0165. The van der Waals surface area contributed by atoms with E-state index in [-0.39, 0.29) is 11.9 Å². The molecule has 2 aromatic rings. The van der Waals surface area contributed by atoms with Crippen LogP contribution in [-0.2, 0) is 0 Å². The molecular formula is C13H12Cl3N3. The fourth-order valence-electron chi connectivity index (χ4n) is 1.62. The van der Waals surface area contributed by atoms with Crippen molar-refractivity contribution in [3.8, 4) is 0 Å². The third kappa shape index (κ3) is 3.44. The molecule has 6 heteroatoms. The molecular weight excluding hydrogens is 305 g/mol. The van der Waals surface area contributed by atoms with Gasteiger partial charge in [-0.3, -0.25) is 0 Å². The lowest BCUT2D eigenvalue weighted by atomic mass is 10.1. The van der Waals surface area contributed by atoms with E-state index in [0.29, 0.717) is 20.9 Å². The summed E-state index contributed by atoms with van der Waals surface area (Å²) in [6.45, 7) is 1.99. The normalized spacial score (nSPS) is 12.2. The first kappa shape index (κ1) is 14.3. The number of nitrogens with zero attached hydrogens (tertiary/aromatic N) is 1. The van der Waals surface area contributed by atoms with Gasteiger partial charge in [-0.2, -0.15) is 0 Å². The van der Waals surface area contributed by atoms with Gasteiger partial charge in [-0.25, -0.2) is 4.98 Å². The Morgan fingerprint density at radius 1 is 1.11 bits per heavy atom. The maximum atomic E-state index is 6.07. The van der Waals surface area contributed by atoms with Crippen LogP contribution < -0.4 is 11.1 Å². The standard InChI is InChI=1S/C13H12Cl3N3/c1-7(8-2-4-9(14)5-3-8)18-13-11(16)6-10(15)12(17)19-13/h2-7H,1H3,(H3,17,18,19). The molecule has 19 heavy (non-hydrogen) atoms. The number of halogens is 3. The number of aromatic nitrogens is 1. The molecule has 0 bridgehead atoms. The van der Waals surface area contributed by atoms with Crippen LogP contribution in [0.25, 0.3) is 0 Å². The third-order valence-corrected chi connectivity index (χ3v) is 3.52. The Morgan fingerprint density at radius 2 is 1.74 bits per heavy atom. The largest absolute Gasteiger partial charge is 0.382 e. The predicted octanol–water partition coefficient (Wildman–Crippen LogP) is 4.80. The molecule has 1 unspecified atom stereocenters. The highest BCUT2D eigenvalue weighted by molar-refractivity contribution is 6.37. The predicted molar refractivity (Wildman–Crippen MR) is 82.2 cm³/mol. The summed E-state index contributed by atoms with van der Waals surface area (Å²) in [6.07, 6.45) is 0. The van der Waals surface area contributed by atoms with Crippen LogP contribution in [0.4, 0.5) is 11.6 Å². The Labute approximate surface area is 126 Å². The van der Waals surface area contributed by atoms with Gasteiger partial charge in [0.25, 0.3) is 0 Å². The van der Waals surface area contributed by atoms with Crippen LogP contribution >= 0.6 is 34.8 Å². The second-order valence-electron chi connectivity index (χ2n) is 4.10. The number of nitrogens with two attached hydrogens (primary N) is 1. The van der Waals surface area contributed by atoms with Gasteiger partial charge in [-0.1, -0.05) is 46.9 Å². The lowest BCUT2D eigenvalue weighted by Gasteiger charge is -2.16. The van der Waals surface area contributed by atoms with Gasteiger partial charge in [0.2, 0.25) is 0 Å². The van der Waals surface area contributed by atoms with Gasteiger partial charge >= 0.3 is 0 Å². The molecule has 0 amide bonds. The summed E-state index contributed by atoms with van der Waals surface area (Å²) in [5, 5.41) is 4.66. The Bertz CT molecular complexity index is 584. The third-order valence-electron chi connectivity index (χ3n) is 2.68. The molecule has 0 saturated heterocycles. The molecule has 0 aliphatic carbocycles. The van der Waals surface area contributed by atoms with Gasteiger partial charge in [0.05, 0.1) is 10.0 Å². The van der Waals surface area contributed by atoms with Crippen molar-refractivity contribution in [3.05, 3.63) is 51.0 Å². The van der Waals surface area contributed by atoms with Crippen LogP contribution in [0.3, 0.4) is 0 Å². The Balaban J connectivity index is 2.21. The highest BCUT2D eigenvalue weighted by Crippen LogP contribution is 2.30. The summed E-state index contributed by atoms with van der Waals surface area (Å²) in [7, 11) is 0. The molecule has 0 fully saturated rings. The lowest BCUT2D eigenvalue weighted by molar-refractivity contribution is 0.875. The first-order chi connectivity index (χ1) is 8.97. The zero-order valence-corrected chi connectivity index (χ0v) is 12.4. The summed E-state index contributed by atoms with van der Waals surface area (Å²) in [5.74, 6) is 0.753. The van der Waals surface area contributed by atoms with Crippen molar-refractivity contribution >= 4 is 46.4 Å². The van der Waals surface area contributed by atoms with Crippen LogP contribution in [0.2, 0.25) is 15.1 Å². The number of pyridine rings is 1. The summed E-state index contributed by atoms with van der Waals surface area (Å²) < 4.78 is 0. The van der Waals surface area contributed by atoms with Crippen molar-refractivity contribution in [1.29, 1.82) is 0 Å². The molecule has 0 saturated carbocycles. The topological polar surface area (TPSA) is 50.9 Å². The zero-order chi connectivity index (χ0) is 14.0. The highest BCUT2D eigenvalue weighted by Gasteiger charge is 2.11. The minimum Gasteiger partial charge on any atom is -0.382 e. The Morgan fingerprint density at radius 3 is 2.37 bits per heavy atom. The molecule has 0 aliphatic heterocycles. The van der Waals surface area contributed by atoms with E-state index in [1.54, 1.807) is 6.07 Å². The molecule has 0 radical (unpaired) electrons. The van der Waals surface area contributed by atoms with Crippen LogP contribution in [0.5, 0.6) is 0 Å². The SMILES string of the molecule is CC(Nc1nc(N)c(Cl)cc1Cl)c1ccc(Cl)cc1. The number of nitrogens with one attached hydrogen (secondary N) is 1. The molecule has 100 valence electrons. The van der Waals surface area contributed by atoms with E-state index in [0.717, 1.165) is 5.56 Å². The van der Waals surface area contributed by atoms with Crippen LogP contribution in [0.15, 0.2) is 30.3 Å². The number of nitrogen functional groups attached to an aromatic ring is 1. The number of hydrogen-bond donors (Lipinski definition) is 2. The van der Waals surface area contributed by atoms with Gasteiger partial charge < -0.3 is 11.1 Å². The van der Waals surface area contributed by atoms with E-state index in [4.69, 9.17) is 40.5 Å². The first-order valence-corrected chi connectivity index (χ1v) is 6.74. The highest BCUT2D eigenvalue weighted by atomic mass is 35.5. The fraction of sp³-hybridized carbons (Fsp3) is 0.154. The molecule has 1 heterocycles. The average Bonchev–Trinajstić information content (AvgIpc) is 2.36. The van der Waals surface area contributed by atoms with Crippen LogP contribution in [-0.4, -0.2) is 4.98 Å². The summed E-state index contributed by atoms with van der Waals surface area (Å²) >= 11 is 17.8. The number of benzene rings is 1. The van der Waals surface area contributed by atoms with Gasteiger partial charge in [0, 0.05) is 11.1 Å². The van der Waals surface area contributed by atoms with Crippen molar-refractivity contribution < 1.29 is 0 Å². The van der Waals surface area contributed by atoms with Gasteiger partial charge in [0.15, 0.2) is 0 Å². The van der Waals surface area contributed by atoms with Crippen LogP contribution in [0.1, 0.15) is 18.5 Å². The Kier molecular flexibility index (Phi) is 4.40. The van der Waals surface area contributed by atoms with Crippen molar-refractivity contribution in [2.45, 2.75) is 13.0 Å². The zero-order valence-electron chi connectivity index (χ0n) is 10.1. The van der Waals surface area contributed by atoms with E-state index in [1.165, 1.54) is 0 Å². The molecule has 3 N–H and O–H groups in total. The van der Waals surface area contributed by atoms with Crippen molar-refractivity contribution in [3.63, 3.8) is 0 Å². The van der Waals surface area contributed by atoms with E-state index in [9.17, 15) is 0 Å². The monoisotopic (exact) mass is 315 g/mol. The van der Waals surface area contributed by atoms with Crippen molar-refractivity contribution in [2.75, 3.05) is 11.1 Å². The quantitative estimate of drug-likeness (QED) is 0.855. The molecule has 1 aromatic carbocycles. The van der Waals surface area contributed by atoms with Crippen molar-refractivity contribution in [2.24, 2.45) is 0 Å². The number of hydrogen-bond acceptors (Lipinski definition) is 3. The second kappa shape index (κ2) is 5.87. The summed E-state index contributed by atoms with van der Waals surface area (Å²) in [6, 6.07) is 9.13. The molecule has 1 aromatic heterocycles. The first-order valence-electron chi connectivity index (χ1n) is 5.61. The van der Waals surface area contributed by atoms with E-state index < -0.39 is 0 Å². The summed E-state index contributed by atoms with van der Waals surface area (Å²) in [4.78, 5) is 4.13. The van der Waals surface area contributed by atoms with Gasteiger partial charge in [-0.15, -0.1) is 0 Å². The molecule has 1 atom stereocenters. The minimum atomic E-state index is 0.0165. The van der Waals surface area contributed by atoms with Gasteiger partial charge in [0.1, 0.15) is 11.6 Å².